The zero-order valence-corrected chi connectivity index (χ0v) is 10.1. The fraction of sp³-hybridized carbons (Fsp3) is 0.538. The van der Waals surface area contributed by atoms with E-state index in [0.717, 1.165) is 31.6 Å². The van der Waals surface area contributed by atoms with Gasteiger partial charge in [0.2, 0.25) is 5.91 Å². The van der Waals surface area contributed by atoms with Gasteiger partial charge >= 0.3 is 0 Å². The highest BCUT2D eigenvalue weighted by Crippen LogP contribution is 2.13. The van der Waals surface area contributed by atoms with E-state index in [2.05, 4.69) is 15.6 Å². The summed E-state index contributed by atoms with van der Waals surface area (Å²) in [6.07, 6.45) is 3.81. The van der Waals surface area contributed by atoms with Crippen LogP contribution in [0.3, 0.4) is 0 Å². The minimum absolute atomic E-state index is 0.0226. The third-order valence-corrected chi connectivity index (χ3v) is 3.16. The number of nitrogens with one attached hydrogen (secondary N) is 2. The molecule has 0 radical (unpaired) electrons. The van der Waals surface area contributed by atoms with Gasteiger partial charge in [-0.1, -0.05) is 6.07 Å². The first-order valence-electron chi connectivity index (χ1n) is 6.19. The third-order valence-electron chi connectivity index (χ3n) is 3.16. The first kappa shape index (κ1) is 12.0. The summed E-state index contributed by atoms with van der Waals surface area (Å²) in [5, 5.41) is 6.28. The van der Waals surface area contributed by atoms with E-state index in [0.29, 0.717) is 0 Å². The predicted molar refractivity (Wildman–Crippen MR) is 66.4 cm³/mol. The second-order valence-electron chi connectivity index (χ2n) is 4.53. The Labute approximate surface area is 102 Å². The van der Waals surface area contributed by atoms with Crippen LogP contribution in [0.5, 0.6) is 0 Å². The van der Waals surface area contributed by atoms with Gasteiger partial charge in [-0.05, 0) is 38.4 Å². The monoisotopic (exact) mass is 233 g/mol. The highest BCUT2D eigenvalue weighted by molar-refractivity contribution is 5.79. The molecule has 2 N–H and O–H groups in total. The van der Waals surface area contributed by atoms with Gasteiger partial charge in [-0.3, -0.25) is 9.78 Å². The molecule has 92 valence electrons. The van der Waals surface area contributed by atoms with Gasteiger partial charge in [0.1, 0.15) is 0 Å². The number of carbonyl (C=O) groups is 1. The average Bonchev–Trinajstić information content (AvgIpc) is 2.40. The van der Waals surface area contributed by atoms with Crippen LogP contribution in [0.25, 0.3) is 0 Å². The first-order chi connectivity index (χ1) is 8.27. The number of carbonyl (C=O) groups excluding carboxylic acids is 1. The van der Waals surface area contributed by atoms with Crippen molar-refractivity contribution in [2.24, 2.45) is 5.92 Å². The lowest BCUT2D eigenvalue weighted by Gasteiger charge is -2.23. The molecule has 0 saturated carbocycles. The van der Waals surface area contributed by atoms with Gasteiger partial charge in [-0.25, -0.2) is 0 Å². The van der Waals surface area contributed by atoms with E-state index in [-0.39, 0.29) is 17.9 Å². The first-order valence-corrected chi connectivity index (χ1v) is 6.19. The summed E-state index contributed by atoms with van der Waals surface area (Å²) in [5.74, 6) is 0.241. The molecule has 0 aliphatic carbocycles. The van der Waals surface area contributed by atoms with Crippen LogP contribution in [0.2, 0.25) is 0 Å². The summed E-state index contributed by atoms with van der Waals surface area (Å²) in [4.78, 5) is 16.2. The Morgan fingerprint density at radius 3 is 3.12 bits per heavy atom. The van der Waals surface area contributed by atoms with Crippen LogP contribution < -0.4 is 10.6 Å². The maximum Gasteiger partial charge on any atom is 0.224 e. The van der Waals surface area contributed by atoms with Crippen LogP contribution in [0.1, 0.15) is 31.5 Å². The van der Waals surface area contributed by atoms with E-state index in [9.17, 15) is 4.79 Å². The minimum Gasteiger partial charge on any atom is -0.348 e. The van der Waals surface area contributed by atoms with E-state index in [4.69, 9.17) is 0 Å². The van der Waals surface area contributed by atoms with Crippen LogP contribution >= 0.6 is 0 Å². The predicted octanol–water partition coefficient (Wildman–Crippen LogP) is 1.26. The molecule has 2 rings (SSSR count). The quantitative estimate of drug-likeness (QED) is 0.826. The zero-order valence-electron chi connectivity index (χ0n) is 10.1. The highest BCUT2D eigenvalue weighted by atomic mass is 16.2. The standard InChI is InChI=1S/C13H19N3O/c1-10(12-6-2-3-8-15-12)16-13(17)11-5-4-7-14-9-11/h2-3,6,8,10-11,14H,4-5,7,9H2,1H3,(H,16,17)/t10?,11-/m1/s1. The van der Waals surface area contributed by atoms with Gasteiger partial charge in [0.05, 0.1) is 17.7 Å². The normalized spacial score (nSPS) is 21.8. The van der Waals surface area contributed by atoms with Gasteiger partial charge < -0.3 is 10.6 Å². The number of rotatable bonds is 3. The molecule has 1 fully saturated rings. The van der Waals surface area contributed by atoms with Gasteiger partial charge in [-0.2, -0.15) is 0 Å². The number of hydrogen-bond donors (Lipinski definition) is 2. The van der Waals surface area contributed by atoms with Crippen molar-refractivity contribution >= 4 is 5.91 Å². The van der Waals surface area contributed by atoms with Crippen LogP contribution in [-0.4, -0.2) is 24.0 Å². The summed E-state index contributed by atoms with van der Waals surface area (Å²) < 4.78 is 0. The van der Waals surface area contributed by atoms with Crippen molar-refractivity contribution < 1.29 is 4.79 Å². The molecule has 1 aromatic rings. The van der Waals surface area contributed by atoms with E-state index in [1.165, 1.54) is 0 Å². The molecule has 17 heavy (non-hydrogen) atoms. The molecular formula is C13H19N3O. The van der Waals surface area contributed by atoms with Crippen molar-refractivity contribution in [1.82, 2.24) is 15.6 Å². The maximum absolute atomic E-state index is 12.0. The lowest BCUT2D eigenvalue weighted by atomic mass is 9.98. The Balaban J connectivity index is 1.89. The Morgan fingerprint density at radius 1 is 1.59 bits per heavy atom. The van der Waals surface area contributed by atoms with Crippen molar-refractivity contribution in [2.45, 2.75) is 25.8 Å². The van der Waals surface area contributed by atoms with Crippen LogP contribution in [0, 0.1) is 5.92 Å². The second kappa shape index (κ2) is 5.77. The lowest BCUT2D eigenvalue weighted by Crippen LogP contribution is -2.41. The largest absolute Gasteiger partial charge is 0.348 e. The van der Waals surface area contributed by atoms with Crippen molar-refractivity contribution in [3.05, 3.63) is 30.1 Å². The molecule has 4 heteroatoms. The van der Waals surface area contributed by atoms with E-state index < -0.39 is 0 Å². The Morgan fingerprint density at radius 2 is 2.47 bits per heavy atom. The molecule has 4 nitrogen and oxygen atoms in total. The highest BCUT2D eigenvalue weighted by Gasteiger charge is 2.22. The second-order valence-corrected chi connectivity index (χ2v) is 4.53. The van der Waals surface area contributed by atoms with Gasteiger partial charge in [0.15, 0.2) is 0 Å². The third kappa shape index (κ3) is 3.27. The fourth-order valence-corrected chi connectivity index (χ4v) is 2.11. The van der Waals surface area contributed by atoms with Gasteiger partial charge in [0, 0.05) is 12.7 Å². The van der Waals surface area contributed by atoms with Gasteiger partial charge in [0.25, 0.3) is 0 Å². The fourth-order valence-electron chi connectivity index (χ4n) is 2.11. The Hall–Kier alpha value is -1.42. The molecule has 2 atom stereocenters. The number of nitrogens with zero attached hydrogens (tertiary/aromatic N) is 1. The lowest BCUT2D eigenvalue weighted by molar-refractivity contribution is -0.126. The molecule has 1 aromatic heterocycles. The van der Waals surface area contributed by atoms with Crippen molar-refractivity contribution in [3.8, 4) is 0 Å². The average molecular weight is 233 g/mol. The summed E-state index contributed by atoms with van der Waals surface area (Å²) in [6.45, 7) is 3.79. The molecule has 2 heterocycles. The van der Waals surface area contributed by atoms with E-state index in [1.807, 2.05) is 25.1 Å². The molecule has 1 aliphatic rings. The molecular weight excluding hydrogens is 214 g/mol. The van der Waals surface area contributed by atoms with Crippen molar-refractivity contribution in [2.75, 3.05) is 13.1 Å². The van der Waals surface area contributed by atoms with E-state index in [1.54, 1.807) is 6.20 Å². The number of piperidine rings is 1. The number of amides is 1. The molecule has 0 spiro atoms. The van der Waals surface area contributed by atoms with Crippen LogP contribution in [0.15, 0.2) is 24.4 Å². The van der Waals surface area contributed by atoms with Crippen molar-refractivity contribution in [1.29, 1.82) is 0 Å². The summed E-state index contributed by atoms with van der Waals surface area (Å²) in [5.41, 5.74) is 0.907. The number of pyridine rings is 1. The zero-order chi connectivity index (χ0) is 12.1. The summed E-state index contributed by atoms with van der Waals surface area (Å²) in [7, 11) is 0. The topological polar surface area (TPSA) is 54.0 Å². The SMILES string of the molecule is CC(NC(=O)[C@@H]1CCCNC1)c1ccccn1. The summed E-state index contributed by atoms with van der Waals surface area (Å²) in [6, 6.07) is 5.73. The number of hydrogen-bond acceptors (Lipinski definition) is 3. The minimum atomic E-state index is -0.0226. The number of aromatic nitrogens is 1. The molecule has 0 bridgehead atoms. The Bertz CT molecular complexity index is 360. The molecule has 1 amide bonds. The van der Waals surface area contributed by atoms with Crippen LogP contribution in [0.4, 0.5) is 0 Å². The molecule has 1 saturated heterocycles. The molecule has 0 aromatic carbocycles. The smallest absolute Gasteiger partial charge is 0.224 e. The molecule has 1 aliphatic heterocycles. The van der Waals surface area contributed by atoms with Gasteiger partial charge in [-0.15, -0.1) is 0 Å². The summed E-state index contributed by atoms with van der Waals surface area (Å²) >= 11 is 0. The Kier molecular flexibility index (Phi) is 4.09. The van der Waals surface area contributed by atoms with E-state index >= 15 is 0 Å². The molecule has 1 unspecified atom stereocenters. The van der Waals surface area contributed by atoms with Crippen LogP contribution in [-0.2, 0) is 4.79 Å². The van der Waals surface area contributed by atoms with Crippen molar-refractivity contribution in [3.63, 3.8) is 0 Å². The maximum atomic E-state index is 12.0.